The molecule has 4 heteroatoms. The monoisotopic (exact) mass is 286 g/mol. The number of hydrogen-bond acceptors (Lipinski definition) is 4. The number of benzene rings is 1. The minimum atomic E-state index is 0.478. The molecule has 0 aliphatic carbocycles. The van der Waals surface area contributed by atoms with Gasteiger partial charge in [0.15, 0.2) is 0 Å². The molecule has 0 saturated carbocycles. The molecule has 0 saturated heterocycles. The van der Waals surface area contributed by atoms with Crippen LogP contribution in [0.2, 0.25) is 0 Å². The van der Waals surface area contributed by atoms with Crippen molar-refractivity contribution in [2.24, 2.45) is 5.73 Å². The molecule has 1 aromatic carbocycles. The van der Waals surface area contributed by atoms with Crippen LogP contribution >= 0.6 is 0 Å². The van der Waals surface area contributed by atoms with Gasteiger partial charge in [0.25, 0.3) is 0 Å². The number of pyridine rings is 1. The summed E-state index contributed by atoms with van der Waals surface area (Å²) in [6.45, 7) is 5.69. The zero-order chi connectivity index (χ0) is 15.2. The number of fused-ring (bicyclic) bond motifs is 1. The first-order valence-corrected chi connectivity index (χ1v) is 7.64. The van der Waals surface area contributed by atoms with E-state index >= 15 is 0 Å². The summed E-state index contributed by atoms with van der Waals surface area (Å²) >= 11 is 0. The summed E-state index contributed by atoms with van der Waals surface area (Å²) in [7, 11) is 4.21. The van der Waals surface area contributed by atoms with Crippen LogP contribution in [0.5, 0.6) is 0 Å². The van der Waals surface area contributed by atoms with Gasteiger partial charge in [-0.3, -0.25) is 0 Å². The highest BCUT2D eigenvalue weighted by molar-refractivity contribution is 5.92. The maximum absolute atomic E-state index is 5.82. The fourth-order valence-electron chi connectivity index (χ4n) is 2.49. The zero-order valence-corrected chi connectivity index (χ0v) is 13.3. The van der Waals surface area contributed by atoms with Gasteiger partial charge in [0.2, 0.25) is 0 Å². The van der Waals surface area contributed by atoms with E-state index in [2.05, 4.69) is 61.2 Å². The second-order valence-electron chi connectivity index (χ2n) is 5.65. The van der Waals surface area contributed by atoms with Crippen LogP contribution in [0.4, 0.5) is 5.82 Å². The first kappa shape index (κ1) is 15.7. The van der Waals surface area contributed by atoms with Gasteiger partial charge in [0, 0.05) is 31.6 Å². The van der Waals surface area contributed by atoms with Crippen LogP contribution in [-0.2, 0) is 6.54 Å². The van der Waals surface area contributed by atoms with Crippen molar-refractivity contribution < 1.29 is 0 Å². The Balaban J connectivity index is 2.44. The standard InChI is InChI=1S/C17H26N4/c1-4-9-21(11-10-20(2)3)17-16-8-6-5-7-14(16)12-15(13-18)19-17/h5-8,12H,4,9-11,13,18H2,1-3H3. The van der Waals surface area contributed by atoms with Crippen LogP contribution in [0, 0.1) is 0 Å². The van der Waals surface area contributed by atoms with Gasteiger partial charge in [-0.15, -0.1) is 0 Å². The predicted molar refractivity (Wildman–Crippen MR) is 90.7 cm³/mol. The van der Waals surface area contributed by atoms with Gasteiger partial charge in [-0.1, -0.05) is 31.2 Å². The van der Waals surface area contributed by atoms with E-state index in [1.54, 1.807) is 0 Å². The van der Waals surface area contributed by atoms with Crippen LogP contribution in [-0.4, -0.2) is 43.6 Å². The van der Waals surface area contributed by atoms with Crippen LogP contribution in [0.15, 0.2) is 30.3 Å². The molecule has 0 aliphatic heterocycles. The average molecular weight is 286 g/mol. The quantitative estimate of drug-likeness (QED) is 0.849. The third-order valence-corrected chi connectivity index (χ3v) is 3.59. The van der Waals surface area contributed by atoms with Crippen LogP contribution in [0.3, 0.4) is 0 Å². The molecule has 0 fully saturated rings. The molecule has 0 amide bonds. The molecule has 1 heterocycles. The zero-order valence-electron chi connectivity index (χ0n) is 13.3. The molecule has 21 heavy (non-hydrogen) atoms. The number of rotatable bonds is 7. The second-order valence-corrected chi connectivity index (χ2v) is 5.65. The first-order valence-electron chi connectivity index (χ1n) is 7.64. The summed E-state index contributed by atoms with van der Waals surface area (Å²) in [5.41, 5.74) is 6.77. The fourth-order valence-corrected chi connectivity index (χ4v) is 2.49. The molecule has 2 rings (SSSR count). The van der Waals surface area contributed by atoms with Crippen LogP contribution in [0.1, 0.15) is 19.0 Å². The Morgan fingerprint density at radius 2 is 1.86 bits per heavy atom. The number of nitrogens with two attached hydrogens (primary N) is 1. The van der Waals surface area contributed by atoms with Crippen molar-refractivity contribution in [3.8, 4) is 0 Å². The van der Waals surface area contributed by atoms with E-state index in [0.717, 1.165) is 37.6 Å². The highest BCUT2D eigenvalue weighted by atomic mass is 15.2. The Labute approximate surface area is 127 Å². The molecule has 0 radical (unpaired) electrons. The average Bonchev–Trinajstić information content (AvgIpc) is 2.50. The van der Waals surface area contributed by atoms with Crippen LogP contribution < -0.4 is 10.6 Å². The van der Waals surface area contributed by atoms with Crippen molar-refractivity contribution in [2.75, 3.05) is 38.6 Å². The number of aromatic nitrogens is 1. The van der Waals surface area contributed by atoms with E-state index in [4.69, 9.17) is 10.7 Å². The molecule has 1 aromatic heterocycles. The van der Waals surface area contributed by atoms with Crippen molar-refractivity contribution in [2.45, 2.75) is 19.9 Å². The van der Waals surface area contributed by atoms with Crippen molar-refractivity contribution in [3.63, 3.8) is 0 Å². The van der Waals surface area contributed by atoms with Gasteiger partial charge in [0.05, 0.1) is 5.69 Å². The molecule has 0 atom stereocenters. The molecule has 0 bridgehead atoms. The van der Waals surface area contributed by atoms with Crippen molar-refractivity contribution >= 4 is 16.6 Å². The maximum atomic E-state index is 5.82. The number of anilines is 1. The third kappa shape index (κ3) is 3.93. The Morgan fingerprint density at radius 3 is 2.52 bits per heavy atom. The number of likely N-dealkylation sites (N-methyl/N-ethyl adjacent to an activating group) is 1. The molecule has 2 N–H and O–H groups in total. The number of hydrogen-bond donors (Lipinski definition) is 1. The Kier molecular flexibility index (Phi) is 5.53. The van der Waals surface area contributed by atoms with E-state index in [1.165, 1.54) is 10.8 Å². The SMILES string of the molecule is CCCN(CCN(C)C)c1nc(CN)cc2ccccc12. The predicted octanol–water partition coefficient (Wildman–Crippen LogP) is 2.47. The van der Waals surface area contributed by atoms with E-state index in [0.29, 0.717) is 6.54 Å². The Bertz CT molecular complexity index is 580. The molecular formula is C17H26N4. The van der Waals surface area contributed by atoms with E-state index in [9.17, 15) is 0 Å². The first-order chi connectivity index (χ1) is 10.2. The lowest BCUT2D eigenvalue weighted by Crippen LogP contribution is -2.33. The highest BCUT2D eigenvalue weighted by Gasteiger charge is 2.12. The smallest absolute Gasteiger partial charge is 0.136 e. The highest BCUT2D eigenvalue weighted by Crippen LogP contribution is 2.26. The van der Waals surface area contributed by atoms with Gasteiger partial charge in [-0.2, -0.15) is 0 Å². The van der Waals surface area contributed by atoms with Gasteiger partial charge < -0.3 is 15.5 Å². The topological polar surface area (TPSA) is 45.4 Å². The molecule has 0 aliphatic rings. The summed E-state index contributed by atoms with van der Waals surface area (Å²) < 4.78 is 0. The third-order valence-electron chi connectivity index (χ3n) is 3.59. The van der Waals surface area contributed by atoms with Crippen molar-refractivity contribution in [1.29, 1.82) is 0 Å². The molecule has 0 spiro atoms. The Morgan fingerprint density at radius 1 is 1.10 bits per heavy atom. The molecule has 0 unspecified atom stereocenters. The summed E-state index contributed by atoms with van der Waals surface area (Å²) in [4.78, 5) is 9.38. The van der Waals surface area contributed by atoms with Crippen molar-refractivity contribution in [1.82, 2.24) is 9.88 Å². The van der Waals surface area contributed by atoms with Gasteiger partial charge in [-0.05, 0) is 32.0 Å². The second kappa shape index (κ2) is 7.38. The molecule has 114 valence electrons. The van der Waals surface area contributed by atoms with E-state index in [-0.39, 0.29) is 0 Å². The molecule has 2 aromatic rings. The maximum Gasteiger partial charge on any atom is 0.136 e. The summed E-state index contributed by atoms with van der Waals surface area (Å²) in [6.07, 6.45) is 1.11. The minimum absolute atomic E-state index is 0.478. The Hall–Kier alpha value is -1.65. The van der Waals surface area contributed by atoms with Gasteiger partial charge in [-0.25, -0.2) is 4.98 Å². The lowest BCUT2D eigenvalue weighted by Gasteiger charge is -2.26. The lowest BCUT2D eigenvalue weighted by atomic mass is 10.1. The van der Waals surface area contributed by atoms with Gasteiger partial charge in [0.1, 0.15) is 5.82 Å². The summed E-state index contributed by atoms with van der Waals surface area (Å²) in [5.74, 6) is 1.07. The summed E-state index contributed by atoms with van der Waals surface area (Å²) in [6, 6.07) is 10.5. The fraction of sp³-hybridized carbons (Fsp3) is 0.471. The minimum Gasteiger partial charge on any atom is -0.355 e. The van der Waals surface area contributed by atoms with Gasteiger partial charge >= 0.3 is 0 Å². The molecular weight excluding hydrogens is 260 g/mol. The summed E-state index contributed by atoms with van der Waals surface area (Å²) in [5, 5.41) is 2.43. The number of nitrogens with zero attached hydrogens (tertiary/aromatic N) is 3. The van der Waals surface area contributed by atoms with E-state index in [1.807, 2.05) is 0 Å². The normalized spacial score (nSPS) is 11.3. The van der Waals surface area contributed by atoms with Crippen LogP contribution in [0.25, 0.3) is 10.8 Å². The largest absolute Gasteiger partial charge is 0.355 e. The van der Waals surface area contributed by atoms with Crippen molar-refractivity contribution in [3.05, 3.63) is 36.0 Å². The van der Waals surface area contributed by atoms with E-state index < -0.39 is 0 Å². The molecule has 4 nitrogen and oxygen atoms in total. The lowest BCUT2D eigenvalue weighted by molar-refractivity contribution is 0.412.